The van der Waals surface area contributed by atoms with Gasteiger partial charge in [0, 0.05) is 7.11 Å². The van der Waals surface area contributed by atoms with Crippen molar-refractivity contribution in [1.29, 1.82) is 0 Å². The van der Waals surface area contributed by atoms with Crippen molar-refractivity contribution < 1.29 is 14.3 Å². The first-order valence-corrected chi connectivity index (χ1v) is 8.90. The second-order valence-corrected chi connectivity index (χ2v) is 6.66. The molecule has 0 unspecified atom stereocenters. The fourth-order valence-electron chi connectivity index (χ4n) is 2.72. The highest BCUT2D eigenvalue weighted by Gasteiger charge is 2.30. The largest absolute Gasteiger partial charge is 0.494 e. The average Bonchev–Trinajstić information content (AvgIpc) is 2.81. The Hall–Kier alpha value is -1.92. The van der Waals surface area contributed by atoms with E-state index in [-0.39, 0.29) is 5.91 Å². The van der Waals surface area contributed by atoms with Gasteiger partial charge in [-0.15, -0.1) is 0 Å². The average molecular weight is 362 g/mol. The van der Waals surface area contributed by atoms with Crippen molar-refractivity contribution in [3.63, 3.8) is 0 Å². The molecule has 0 atom stereocenters. The van der Waals surface area contributed by atoms with Crippen molar-refractivity contribution in [3.05, 3.63) is 34.5 Å². The molecule has 1 aliphatic rings. The quantitative estimate of drug-likeness (QED) is 0.596. The van der Waals surface area contributed by atoms with Gasteiger partial charge in [0.25, 0.3) is 5.91 Å². The van der Waals surface area contributed by atoms with Gasteiger partial charge in [-0.2, -0.15) is 0 Å². The monoisotopic (exact) mass is 362 g/mol. The number of nitrogens with zero attached hydrogens (tertiary/aromatic N) is 1. The zero-order valence-electron chi connectivity index (χ0n) is 15.5. The molecule has 1 amide bonds. The van der Waals surface area contributed by atoms with E-state index in [0.717, 1.165) is 22.4 Å². The van der Waals surface area contributed by atoms with Crippen LogP contribution in [0.15, 0.2) is 17.8 Å². The van der Waals surface area contributed by atoms with E-state index in [4.69, 9.17) is 21.7 Å². The molecule has 0 aromatic heterocycles. The molecule has 0 aliphatic carbocycles. The number of carbonyl (C=O) groups excluding carboxylic acids is 1. The van der Waals surface area contributed by atoms with Gasteiger partial charge < -0.3 is 14.8 Å². The van der Waals surface area contributed by atoms with Gasteiger partial charge in [-0.3, -0.25) is 9.69 Å². The number of methoxy groups -OCH3 is 1. The number of thiocarbonyl (C=S) groups is 1. The Morgan fingerprint density at radius 2 is 2.08 bits per heavy atom. The molecule has 1 saturated heterocycles. The van der Waals surface area contributed by atoms with Crippen LogP contribution in [0.4, 0.5) is 0 Å². The Morgan fingerprint density at radius 3 is 2.68 bits per heavy atom. The maximum atomic E-state index is 12.6. The number of hydrogen-bond acceptors (Lipinski definition) is 4. The van der Waals surface area contributed by atoms with Crippen molar-refractivity contribution in [1.82, 2.24) is 10.2 Å². The van der Waals surface area contributed by atoms with E-state index in [1.165, 1.54) is 4.90 Å². The minimum absolute atomic E-state index is 0.124. The molecule has 1 N–H and O–H groups in total. The highest BCUT2D eigenvalue weighted by molar-refractivity contribution is 7.80. The molecule has 1 aromatic carbocycles. The summed E-state index contributed by atoms with van der Waals surface area (Å²) >= 11 is 5.26. The van der Waals surface area contributed by atoms with E-state index >= 15 is 0 Å². The lowest BCUT2D eigenvalue weighted by Gasteiger charge is -2.16. The van der Waals surface area contributed by atoms with E-state index in [9.17, 15) is 4.79 Å². The molecule has 0 bridgehead atoms. The predicted octanol–water partition coefficient (Wildman–Crippen LogP) is 3.22. The summed E-state index contributed by atoms with van der Waals surface area (Å²) in [5, 5.41) is 3.43. The standard InChI is InChI=1S/C19H26N2O3S/c1-6-24-17-9-13(4)14(10-15(17)12(2)3)11-16-18(22)21(7-8-23-5)19(25)20-16/h9-12H,6-8H2,1-5H3,(H,20,25)/b16-11+. The molecule has 1 aliphatic heterocycles. The van der Waals surface area contributed by atoms with E-state index in [2.05, 4.69) is 25.2 Å². The van der Waals surface area contributed by atoms with Crippen LogP contribution >= 0.6 is 12.2 Å². The minimum Gasteiger partial charge on any atom is -0.494 e. The zero-order chi connectivity index (χ0) is 18.6. The summed E-state index contributed by atoms with van der Waals surface area (Å²) in [6.07, 6.45) is 1.86. The highest BCUT2D eigenvalue weighted by Crippen LogP contribution is 2.31. The Balaban J connectivity index is 2.36. The summed E-state index contributed by atoms with van der Waals surface area (Å²) in [6.45, 7) is 9.77. The molecule has 0 saturated carbocycles. The molecule has 0 spiro atoms. The SMILES string of the molecule is CCOc1cc(C)c(/C=C2/NC(=S)N(CCOC)C2=O)cc1C(C)C. The smallest absolute Gasteiger partial charge is 0.276 e. The van der Waals surface area contributed by atoms with Gasteiger partial charge in [-0.1, -0.05) is 13.8 Å². The van der Waals surface area contributed by atoms with Gasteiger partial charge in [0.1, 0.15) is 11.4 Å². The van der Waals surface area contributed by atoms with Crippen LogP contribution in [0.5, 0.6) is 5.75 Å². The molecule has 6 heteroatoms. The molecular weight excluding hydrogens is 336 g/mol. The number of carbonyl (C=O) groups is 1. The summed E-state index contributed by atoms with van der Waals surface area (Å²) in [7, 11) is 1.60. The van der Waals surface area contributed by atoms with Gasteiger partial charge in [0.05, 0.1) is 19.8 Å². The number of aryl methyl sites for hydroxylation is 1. The fourth-order valence-corrected chi connectivity index (χ4v) is 3.00. The number of ether oxygens (including phenoxy) is 2. The van der Waals surface area contributed by atoms with Crippen LogP contribution < -0.4 is 10.1 Å². The van der Waals surface area contributed by atoms with Crippen LogP contribution in [0.1, 0.15) is 43.4 Å². The van der Waals surface area contributed by atoms with Gasteiger partial charge in [-0.05, 0) is 66.9 Å². The maximum Gasteiger partial charge on any atom is 0.276 e. The van der Waals surface area contributed by atoms with Crippen molar-refractivity contribution in [3.8, 4) is 5.75 Å². The molecule has 5 nitrogen and oxygen atoms in total. The van der Waals surface area contributed by atoms with Crippen LogP contribution in [0, 0.1) is 6.92 Å². The van der Waals surface area contributed by atoms with Crippen LogP contribution in [-0.2, 0) is 9.53 Å². The van der Waals surface area contributed by atoms with Gasteiger partial charge in [-0.25, -0.2) is 0 Å². The Bertz CT molecular complexity index is 698. The number of nitrogens with one attached hydrogen (secondary N) is 1. The van der Waals surface area contributed by atoms with Crippen LogP contribution in [0.3, 0.4) is 0 Å². The third kappa shape index (κ3) is 4.38. The molecule has 25 heavy (non-hydrogen) atoms. The van der Waals surface area contributed by atoms with Crippen LogP contribution in [-0.4, -0.2) is 42.8 Å². The first-order valence-electron chi connectivity index (χ1n) is 8.49. The fraction of sp³-hybridized carbons (Fsp3) is 0.474. The summed E-state index contributed by atoms with van der Waals surface area (Å²) in [5.74, 6) is 1.10. The van der Waals surface area contributed by atoms with Crippen molar-refractivity contribution in [2.45, 2.75) is 33.6 Å². The van der Waals surface area contributed by atoms with Crippen molar-refractivity contribution >= 4 is 29.3 Å². The lowest BCUT2D eigenvalue weighted by Crippen LogP contribution is -2.33. The highest BCUT2D eigenvalue weighted by atomic mass is 32.1. The summed E-state index contributed by atoms with van der Waals surface area (Å²) in [4.78, 5) is 14.1. The number of hydrogen-bond donors (Lipinski definition) is 1. The molecular formula is C19H26N2O3S. The number of benzene rings is 1. The first-order chi connectivity index (χ1) is 11.9. The second-order valence-electron chi connectivity index (χ2n) is 6.27. The first kappa shape index (κ1) is 19.4. The van der Waals surface area contributed by atoms with Crippen LogP contribution in [0.25, 0.3) is 6.08 Å². The molecule has 1 fully saturated rings. The lowest BCUT2D eigenvalue weighted by molar-refractivity contribution is -0.122. The molecule has 2 rings (SSSR count). The Kier molecular flexibility index (Phi) is 6.56. The number of rotatable bonds is 7. The van der Waals surface area contributed by atoms with Gasteiger partial charge >= 0.3 is 0 Å². The lowest BCUT2D eigenvalue weighted by atomic mass is 9.96. The normalized spacial score (nSPS) is 16.1. The topological polar surface area (TPSA) is 50.8 Å². The Labute approximate surface area is 155 Å². The molecule has 1 aromatic rings. The van der Waals surface area contributed by atoms with E-state index in [1.807, 2.05) is 26.0 Å². The third-order valence-electron chi connectivity index (χ3n) is 4.10. The van der Waals surface area contributed by atoms with E-state index in [0.29, 0.717) is 36.5 Å². The van der Waals surface area contributed by atoms with E-state index in [1.54, 1.807) is 7.11 Å². The van der Waals surface area contributed by atoms with Gasteiger partial charge in [0.15, 0.2) is 5.11 Å². The summed E-state index contributed by atoms with van der Waals surface area (Å²) in [6, 6.07) is 4.12. The number of amides is 1. The van der Waals surface area contributed by atoms with Gasteiger partial charge in [0.2, 0.25) is 0 Å². The zero-order valence-corrected chi connectivity index (χ0v) is 16.3. The third-order valence-corrected chi connectivity index (χ3v) is 4.42. The molecule has 0 radical (unpaired) electrons. The predicted molar refractivity (Wildman–Crippen MR) is 104 cm³/mol. The van der Waals surface area contributed by atoms with Crippen molar-refractivity contribution in [2.75, 3.05) is 26.9 Å². The maximum absolute atomic E-state index is 12.6. The van der Waals surface area contributed by atoms with Crippen molar-refractivity contribution in [2.24, 2.45) is 0 Å². The minimum atomic E-state index is -0.124. The molecule has 136 valence electrons. The summed E-state index contributed by atoms with van der Waals surface area (Å²) in [5.41, 5.74) is 3.65. The second kappa shape index (κ2) is 8.45. The van der Waals surface area contributed by atoms with Crippen LogP contribution in [0.2, 0.25) is 0 Å². The Morgan fingerprint density at radius 1 is 1.36 bits per heavy atom. The molecule has 1 heterocycles. The summed E-state index contributed by atoms with van der Waals surface area (Å²) < 4.78 is 10.8. The van der Waals surface area contributed by atoms with E-state index < -0.39 is 0 Å².